The van der Waals surface area contributed by atoms with Crippen LogP contribution in [0.15, 0.2) is 0 Å². The maximum absolute atomic E-state index is 10.8. The SMILES string of the molecule is CCOC(=O)CSCCC(=O)OC. The molecule has 0 aromatic heterocycles. The monoisotopic (exact) mass is 206 g/mol. The highest BCUT2D eigenvalue weighted by Crippen LogP contribution is 2.03. The number of hydrogen-bond donors (Lipinski definition) is 0. The molecular formula is C8H14O4S. The van der Waals surface area contributed by atoms with Crippen molar-refractivity contribution in [2.45, 2.75) is 13.3 Å². The highest BCUT2D eigenvalue weighted by molar-refractivity contribution is 7.99. The van der Waals surface area contributed by atoms with Crippen molar-refractivity contribution in [3.8, 4) is 0 Å². The van der Waals surface area contributed by atoms with Crippen molar-refractivity contribution in [2.24, 2.45) is 0 Å². The fourth-order valence-corrected chi connectivity index (χ4v) is 1.32. The fourth-order valence-electron chi connectivity index (χ4n) is 0.616. The minimum Gasteiger partial charge on any atom is -0.469 e. The van der Waals surface area contributed by atoms with Gasteiger partial charge in [-0.3, -0.25) is 9.59 Å². The van der Waals surface area contributed by atoms with Gasteiger partial charge in [-0.1, -0.05) is 0 Å². The van der Waals surface area contributed by atoms with Gasteiger partial charge in [-0.25, -0.2) is 0 Å². The summed E-state index contributed by atoms with van der Waals surface area (Å²) < 4.78 is 9.14. The van der Waals surface area contributed by atoms with E-state index in [0.29, 0.717) is 24.5 Å². The summed E-state index contributed by atoms with van der Waals surface area (Å²) >= 11 is 1.37. The molecule has 0 aromatic carbocycles. The van der Waals surface area contributed by atoms with Gasteiger partial charge < -0.3 is 9.47 Å². The fraction of sp³-hybridized carbons (Fsp3) is 0.750. The molecule has 0 radical (unpaired) electrons. The number of esters is 2. The van der Waals surface area contributed by atoms with E-state index in [1.165, 1.54) is 18.9 Å². The van der Waals surface area contributed by atoms with Gasteiger partial charge in [0.15, 0.2) is 0 Å². The van der Waals surface area contributed by atoms with Gasteiger partial charge in [0.1, 0.15) is 0 Å². The molecule has 76 valence electrons. The Morgan fingerprint density at radius 1 is 1.31 bits per heavy atom. The minimum atomic E-state index is -0.253. The minimum absolute atomic E-state index is 0.239. The summed E-state index contributed by atoms with van der Waals surface area (Å²) in [5, 5.41) is 0. The number of hydrogen-bond acceptors (Lipinski definition) is 5. The van der Waals surface area contributed by atoms with Crippen LogP contribution in [0.3, 0.4) is 0 Å². The van der Waals surface area contributed by atoms with E-state index < -0.39 is 0 Å². The van der Waals surface area contributed by atoms with Gasteiger partial charge in [0.05, 0.1) is 25.9 Å². The molecule has 13 heavy (non-hydrogen) atoms. The van der Waals surface area contributed by atoms with Crippen LogP contribution in [0.4, 0.5) is 0 Å². The Morgan fingerprint density at radius 2 is 2.00 bits per heavy atom. The first-order valence-corrected chi connectivity index (χ1v) is 5.16. The van der Waals surface area contributed by atoms with Crippen molar-refractivity contribution in [2.75, 3.05) is 25.2 Å². The Kier molecular flexibility index (Phi) is 7.48. The number of carbonyl (C=O) groups is 2. The molecule has 0 aliphatic rings. The molecule has 0 aliphatic carbocycles. The molecule has 0 spiro atoms. The van der Waals surface area contributed by atoms with Gasteiger partial charge in [-0.15, -0.1) is 11.8 Å². The number of methoxy groups -OCH3 is 1. The highest BCUT2D eigenvalue weighted by Gasteiger charge is 2.03. The third-order valence-electron chi connectivity index (χ3n) is 1.20. The summed E-state index contributed by atoms with van der Waals surface area (Å²) in [7, 11) is 1.35. The maximum Gasteiger partial charge on any atom is 0.315 e. The average molecular weight is 206 g/mol. The van der Waals surface area contributed by atoms with Gasteiger partial charge in [0.2, 0.25) is 0 Å². The molecule has 0 saturated carbocycles. The zero-order chi connectivity index (χ0) is 10.1. The lowest BCUT2D eigenvalue weighted by molar-refractivity contribution is -0.141. The molecule has 0 aliphatic heterocycles. The molecule has 0 rings (SSSR count). The number of thioether (sulfide) groups is 1. The van der Waals surface area contributed by atoms with E-state index in [9.17, 15) is 9.59 Å². The first kappa shape index (κ1) is 12.3. The van der Waals surface area contributed by atoms with E-state index in [-0.39, 0.29) is 11.9 Å². The van der Waals surface area contributed by atoms with Crippen LogP contribution in [-0.2, 0) is 19.1 Å². The summed E-state index contributed by atoms with van der Waals surface area (Å²) in [6.45, 7) is 2.16. The quantitative estimate of drug-likeness (QED) is 0.476. The Bertz CT molecular complexity index is 170. The van der Waals surface area contributed by atoms with Crippen molar-refractivity contribution in [3.05, 3.63) is 0 Å². The smallest absolute Gasteiger partial charge is 0.315 e. The van der Waals surface area contributed by atoms with Gasteiger partial charge in [0, 0.05) is 5.75 Å². The predicted octanol–water partition coefficient (Wildman–Crippen LogP) is 0.846. The highest BCUT2D eigenvalue weighted by atomic mass is 32.2. The van der Waals surface area contributed by atoms with Crippen LogP contribution in [0.2, 0.25) is 0 Å². The number of ether oxygens (including phenoxy) is 2. The molecule has 0 bridgehead atoms. The molecule has 0 N–H and O–H groups in total. The maximum atomic E-state index is 10.8. The van der Waals surface area contributed by atoms with Crippen molar-refractivity contribution >= 4 is 23.7 Å². The Hall–Kier alpha value is -0.710. The summed E-state index contributed by atoms with van der Waals surface area (Å²) in [6, 6.07) is 0. The van der Waals surface area contributed by atoms with E-state index in [0.717, 1.165) is 0 Å². The number of carbonyl (C=O) groups excluding carboxylic acids is 2. The molecule has 0 saturated heterocycles. The summed E-state index contributed by atoms with van der Waals surface area (Å²) in [6.07, 6.45) is 0.334. The molecule has 0 unspecified atom stereocenters. The first-order valence-electron chi connectivity index (χ1n) is 4.00. The largest absolute Gasteiger partial charge is 0.469 e. The van der Waals surface area contributed by atoms with Crippen molar-refractivity contribution in [1.82, 2.24) is 0 Å². The third-order valence-corrected chi connectivity index (χ3v) is 2.14. The zero-order valence-corrected chi connectivity index (χ0v) is 8.69. The summed E-state index contributed by atoms with van der Waals surface area (Å²) in [4.78, 5) is 21.4. The lowest BCUT2D eigenvalue weighted by Gasteiger charge is -2.00. The summed E-state index contributed by atoms with van der Waals surface area (Å²) in [5.74, 6) is 0.393. The molecule has 0 atom stereocenters. The molecule has 0 aromatic rings. The zero-order valence-electron chi connectivity index (χ0n) is 7.87. The second-order valence-electron chi connectivity index (χ2n) is 2.18. The van der Waals surface area contributed by atoms with Crippen LogP contribution >= 0.6 is 11.8 Å². The lowest BCUT2D eigenvalue weighted by atomic mass is 10.5. The first-order chi connectivity index (χ1) is 6.20. The number of rotatable bonds is 6. The third kappa shape index (κ3) is 7.64. The molecule has 0 fully saturated rings. The molecular weight excluding hydrogens is 192 g/mol. The van der Waals surface area contributed by atoms with Crippen LogP contribution in [0.25, 0.3) is 0 Å². The van der Waals surface area contributed by atoms with E-state index in [4.69, 9.17) is 4.74 Å². The molecule has 4 nitrogen and oxygen atoms in total. The van der Waals surface area contributed by atoms with Crippen molar-refractivity contribution in [3.63, 3.8) is 0 Å². The van der Waals surface area contributed by atoms with Crippen molar-refractivity contribution < 1.29 is 19.1 Å². The van der Waals surface area contributed by atoms with Gasteiger partial charge >= 0.3 is 11.9 Å². The Morgan fingerprint density at radius 3 is 2.54 bits per heavy atom. The van der Waals surface area contributed by atoms with E-state index in [2.05, 4.69) is 4.74 Å². The van der Waals surface area contributed by atoms with Crippen LogP contribution in [0.1, 0.15) is 13.3 Å². The van der Waals surface area contributed by atoms with E-state index >= 15 is 0 Å². The topological polar surface area (TPSA) is 52.6 Å². The molecule has 0 heterocycles. The molecule has 0 amide bonds. The van der Waals surface area contributed by atoms with Gasteiger partial charge in [-0.05, 0) is 6.92 Å². The molecule has 5 heteroatoms. The van der Waals surface area contributed by atoms with Gasteiger partial charge in [-0.2, -0.15) is 0 Å². The second-order valence-corrected chi connectivity index (χ2v) is 3.29. The van der Waals surface area contributed by atoms with E-state index in [1.807, 2.05) is 0 Å². The lowest BCUT2D eigenvalue weighted by Crippen LogP contribution is -2.08. The summed E-state index contributed by atoms with van der Waals surface area (Å²) in [5.41, 5.74) is 0. The van der Waals surface area contributed by atoms with Crippen LogP contribution in [0, 0.1) is 0 Å². The predicted molar refractivity (Wildman–Crippen MR) is 50.6 cm³/mol. The Labute approximate surface area is 82.0 Å². The second kappa shape index (κ2) is 7.91. The van der Waals surface area contributed by atoms with E-state index in [1.54, 1.807) is 6.92 Å². The average Bonchev–Trinajstić information content (AvgIpc) is 2.12. The Balaban J connectivity index is 3.25. The van der Waals surface area contributed by atoms with Crippen LogP contribution in [-0.4, -0.2) is 37.2 Å². The van der Waals surface area contributed by atoms with Crippen molar-refractivity contribution in [1.29, 1.82) is 0 Å². The van der Waals surface area contributed by atoms with Crippen LogP contribution in [0.5, 0.6) is 0 Å². The normalized spacial score (nSPS) is 9.38. The van der Waals surface area contributed by atoms with Crippen LogP contribution < -0.4 is 0 Å². The van der Waals surface area contributed by atoms with Gasteiger partial charge in [0.25, 0.3) is 0 Å². The standard InChI is InChI=1S/C8H14O4S/c1-3-12-8(10)6-13-5-4-7(9)11-2/h3-6H2,1-2H3.